The van der Waals surface area contributed by atoms with Gasteiger partial charge in [0.25, 0.3) is 5.91 Å². The number of hydrogen-bond acceptors (Lipinski definition) is 5. The lowest BCUT2D eigenvalue weighted by atomic mass is 9.76. The molecule has 0 spiro atoms. The topological polar surface area (TPSA) is 90.4 Å². The molecule has 166 valence electrons. The highest BCUT2D eigenvalue weighted by Crippen LogP contribution is 2.45. The number of fused-ring (bicyclic) bond motifs is 6. The van der Waals surface area contributed by atoms with E-state index >= 15 is 0 Å². The van der Waals surface area contributed by atoms with Crippen LogP contribution in [0.2, 0.25) is 0 Å². The SMILES string of the molecule is CO[C@H]1CN(C(=O)c2cccnc2SC)[C@H]2Cc3c(n(CC(N)=O)c4ccccc34)[C@@H]1C2. The quantitative estimate of drug-likeness (QED) is 0.604. The maximum Gasteiger partial charge on any atom is 0.256 e. The largest absolute Gasteiger partial charge is 0.379 e. The minimum Gasteiger partial charge on any atom is -0.379 e. The monoisotopic (exact) mass is 450 g/mol. The van der Waals surface area contributed by atoms with Crippen LogP contribution in [0.15, 0.2) is 47.6 Å². The molecule has 1 aliphatic heterocycles. The minimum atomic E-state index is -0.363. The number of piperidine rings is 1. The van der Waals surface area contributed by atoms with Crippen molar-refractivity contribution in [2.45, 2.75) is 42.5 Å². The summed E-state index contributed by atoms with van der Waals surface area (Å²) in [6.07, 6.45) is 5.02. The summed E-state index contributed by atoms with van der Waals surface area (Å²) in [6.45, 7) is 0.647. The number of likely N-dealkylation sites (tertiary alicyclic amines) is 1. The molecule has 1 aliphatic carbocycles. The van der Waals surface area contributed by atoms with Crippen LogP contribution in [0.1, 0.15) is 34.0 Å². The van der Waals surface area contributed by atoms with Gasteiger partial charge in [0, 0.05) is 48.4 Å². The Morgan fingerprint density at radius 3 is 2.81 bits per heavy atom. The van der Waals surface area contributed by atoms with Crippen LogP contribution in [0.25, 0.3) is 10.9 Å². The van der Waals surface area contributed by atoms with Crippen molar-refractivity contribution in [2.75, 3.05) is 19.9 Å². The first-order valence-electron chi connectivity index (χ1n) is 10.7. The molecule has 2 amide bonds. The van der Waals surface area contributed by atoms with Crippen LogP contribution in [0.4, 0.5) is 0 Å². The van der Waals surface area contributed by atoms with E-state index < -0.39 is 0 Å². The molecule has 5 rings (SSSR count). The van der Waals surface area contributed by atoms with Gasteiger partial charge >= 0.3 is 0 Å². The predicted molar refractivity (Wildman–Crippen MR) is 124 cm³/mol. The van der Waals surface area contributed by atoms with E-state index in [9.17, 15) is 9.59 Å². The molecule has 3 aromatic rings. The first-order chi connectivity index (χ1) is 15.5. The van der Waals surface area contributed by atoms with E-state index in [1.54, 1.807) is 13.3 Å². The number of benzene rings is 1. The third-order valence-corrected chi connectivity index (χ3v) is 7.49. The highest BCUT2D eigenvalue weighted by atomic mass is 32.2. The average Bonchev–Trinajstić information content (AvgIpc) is 3.12. The van der Waals surface area contributed by atoms with Crippen LogP contribution in [0.3, 0.4) is 0 Å². The average molecular weight is 451 g/mol. The maximum absolute atomic E-state index is 13.6. The lowest BCUT2D eigenvalue weighted by Crippen LogP contribution is -2.55. The third-order valence-electron chi connectivity index (χ3n) is 6.78. The van der Waals surface area contributed by atoms with Gasteiger partial charge in [-0.2, -0.15) is 0 Å². The van der Waals surface area contributed by atoms with E-state index in [2.05, 4.69) is 15.6 Å². The summed E-state index contributed by atoms with van der Waals surface area (Å²) in [5.41, 5.74) is 9.57. The first-order valence-corrected chi connectivity index (χ1v) is 12.0. The number of thioether (sulfide) groups is 1. The molecule has 7 nitrogen and oxygen atoms in total. The Kier molecular flexibility index (Phi) is 5.43. The molecule has 2 bridgehead atoms. The van der Waals surface area contributed by atoms with Gasteiger partial charge in [-0.05, 0) is 42.9 Å². The molecule has 2 aromatic heterocycles. The van der Waals surface area contributed by atoms with Crippen LogP contribution < -0.4 is 5.73 Å². The summed E-state index contributed by atoms with van der Waals surface area (Å²) in [4.78, 5) is 31.8. The predicted octanol–water partition coefficient (Wildman–Crippen LogP) is 2.81. The lowest BCUT2D eigenvalue weighted by Gasteiger charge is -2.47. The van der Waals surface area contributed by atoms with Gasteiger partial charge in [-0.3, -0.25) is 9.59 Å². The van der Waals surface area contributed by atoms with E-state index in [1.807, 2.05) is 41.5 Å². The zero-order valence-corrected chi connectivity index (χ0v) is 19.0. The number of nitrogens with zero attached hydrogens (tertiary/aromatic N) is 3. The molecule has 3 atom stereocenters. The second-order valence-corrected chi connectivity index (χ2v) is 9.22. The molecular weight excluding hydrogens is 424 g/mol. The summed E-state index contributed by atoms with van der Waals surface area (Å²) in [7, 11) is 1.69. The highest BCUT2D eigenvalue weighted by Gasteiger charge is 2.45. The van der Waals surface area contributed by atoms with E-state index in [4.69, 9.17) is 10.5 Å². The molecule has 0 saturated carbocycles. The van der Waals surface area contributed by atoms with E-state index in [0.29, 0.717) is 12.1 Å². The van der Waals surface area contributed by atoms with Crippen LogP contribution in [0, 0.1) is 0 Å². The summed E-state index contributed by atoms with van der Waals surface area (Å²) in [6, 6.07) is 11.8. The maximum atomic E-state index is 13.6. The molecule has 2 N–H and O–H groups in total. The number of ether oxygens (including phenoxy) is 1. The molecule has 2 aliphatic rings. The molecule has 1 saturated heterocycles. The molecule has 3 heterocycles. The fourth-order valence-corrected chi connectivity index (χ4v) is 6.02. The fraction of sp³-hybridized carbons (Fsp3) is 0.375. The summed E-state index contributed by atoms with van der Waals surface area (Å²) in [5.74, 6) is -0.269. The minimum absolute atomic E-state index is 0.00252. The molecule has 32 heavy (non-hydrogen) atoms. The number of pyridine rings is 1. The Bertz CT molecular complexity index is 1210. The summed E-state index contributed by atoms with van der Waals surface area (Å²) >= 11 is 1.48. The van der Waals surface area contributed by atoms with Crippen molar-refractivity contribution in [2.24, 2.45) is 5.73 Å². The number of carbonyl (C=O) groups excluding carboxylic acids is 2. The van der Waals surface area contributed by atoms with Gasteiger partial charge in [-0.25, -0.2) is 4.98 Å². The van der Waals surface area contributed by atoms with Crippen LogP contribution in [0.5, 0.6) is 0 Å². The van der Waals surface area contributed by atoms with Crippen molar-refractivity contribution in [3.05, 3.63) is 59.4 Å². The molecule has 0 unspecified atom stereocenters. The van der Waals surface area contributed by atoms with E-state index in [1.165, 1.54) is 17.3 Å². The molecule has 1 aromatic carbocycles. The van der Waals surface area contributed by atoms with Crippen LogP contribution >= 0.6 is 11.8 Å². The van der Waals surface area contributed by atoms with Gasteiger partial charge in [0.1, 0.15) is 11.6 Å². The number of hydrogen-bond donors (Lipinski definition) is 1. The van der Waals surface area contributed by atoms with Crippen LogP contribution in [-0.2, 0) is 22.5 Å². The van der Waals surface area contributed by atoms with Gasteiger partial charge in [0.05, 0.1) is 11.7 Å². The smallest absolute Gasteiger partial charge is 0.256 e. The normalized spacial score (nSPS) is 22.1. The number of rotatable bonds is 5. The standard InChI is InChI=1S/C24H26N4O3S/c1-31-20-12-27(24(30)16-7-5-9-26-23(16)32-2)14-10-17-15-6-3-4-8-19(15)28(13-21(25)29)22(17)18(20)11-14/h3-9,14,18,20H,10-13H2,1-2H3,(H2,25,29)/t14-,18+,20-/m0/s1. The number of aromatic nitrogens is 2. The Labute approximate surface area is 190 Å². The lowest BCUT2D eigenvalue weighted by molar-refractivity contribution is -0.118. The van der Waals surface area contributed by atoms with Gasteiger partial charge in [0.15, 0.2) is 0 Å². The molecule has 0 radical (unpaired) electrons. The number of amides is 2. The van der Waals surface area contributed by atoms with Crippen molar-refractivity contribution in [1.29, 1.82) is 0 Å². The molecule has 8 heteroatoms. The number of para-hydroxylation sites is 1. The number of nitrogens with two attached hydrogens (primary N) is 1. The number of carbonyl (C=O) groups is 2. The van der Waals surface area contributed by atoms with E-state index in [0.717, 1.165) is 34.5 Å². The summed E-state index contributed by atoms with van der Waals surface area (Å²) in [5, 5.41) is 1.86. The first kappa shape index (κ1) is 21.0. The number of primary amides is 1. The molecular formula is C24H26N4O3S. The summed E-state index contributed by atoms with van der Waals surface area (Å²) < 4.78 is 7.98. The zero-order valence-electron chi connectivity index (χ0n) is 18.2. The highest BCUT2D eigenvalue weighted by molar-refractivity contribution is 7.98. The van der Waals surface area contributed by atoms with Crippen LogP contribution in [-0.4, -0.2) is 58.3 Å². The Morgan fingerprint density at radius 1 is 1.25 bits per heavy atom. The third kappa shape index (κ3) is 3.29. The second-order valence-electron chi connectivity index (χ2n) is 8.43. The van der Waals surface area contributed by atoms with Crippen molar-refractivity contribution in [3.8, 4) is 0 Å². The van der Waals surface area contributed by atoms with Crippen molar-refractivity contribution in [3.63, 3.8) is 0 Å². The Hall–Kier alpha value is -2.84. The van der Waals surface area contributed by atoms with Crippen molar-refractivity contribution >= 4 is 34.5 Å². The zero-order chi connectivity index (χ0) is 22.4. The fourth-order valence-electron chi connectivity index (χ4n) is 5.48. The van der Waals surface area contributed by atoms with Gasteiger partial charge < -0.3 is 19.9 Å². The van der Waals surface area contributed by atoms with Gasteiger partial charge in [-0.15, -0.1) is 11.8 Å². The Morgan fingerprint density at radius 2 is 2.06 bits per heavy atom. The second kappa shape index (κ2) is 8.26. The molecule has 1 fully saturated rings. The van der Waals surface area contributed by atoms with E-state index in [-0.39, 0.29) is 36.4 Å². The van der Waals surface area contributed by atoms with Gasteiger partial charge in [-0.1, -0.05) is 18.2 Å². The van der Waals surface area contributed by atoms with Crippen molar-refractivity contribution < 1.29 is 14.3 Å². The van der Waals surface area contributed by atoms with Gasteiger partial charge in [0.2, 0.25) is 5.91 Å². The Balaban J connectivity index is 1.61. The van der Waals surface area contributed by atoms with Crippen molar-refractivity contribution in [1.82, 2.24) is 14.5 Å². The number of methoxy groups -OCH3 is 1.